The summed E-state index contributed by atoms with van der Waals surface area (Å²) in [7, 11) is 0. The summed E-state index contributed by atoms with van der Waals surface area (Å²) in [5.41, 5.74) is 5.59. The Morgan fingerprint density at radius 3 is 2.41 bits per heavy atom. The van der Waals surface area contributed by atoms with Gasteiger partial charge >= 0.3 is 0 Å². The molecule has 0 atom stereocenters. The van der Waals surface area contributed by atoms with Crippen LogP contribution in [0.25, 0.3) is 0 Å². The molecule has 0 aliphatic heterocycles. The number of nitrogens with two attached hydrogens (primary N) is 1. The van der Waals surface area contributed by atoms with Crippen molar-refractivity contribution in [2.75, 3.05) is 19.8 Å². The molecule has 5 heteroatoms. The van der Waals surface area contributed by atoms with E-state index in [0.29, 0.717) is 18.9 Å². The van der Waals surface area contributed by atoms with Crippen molar-refractivity contribution in [2.45, 2.75) is 51.9 Å². The van der Waals surface area contributed by atoms with Crippen LogP contribution in [-0.4, -0.2) is 25.7 Å². The van der Waals surface area contributed by atoms with Crippen molar-refractivity contribution in [3.8, 4) is 0 Å². The number of nitrogens with one attached hydrogen (secondary N) is 1. The summed E-state index contributed by atoms with van der Waals surface area (Å²) in [4.78, 5) is 4.00. The lowest BCUT2D eigenvalue weighted by Gasteiger charge is -2.05. The zero-order chi connectivity index (χ0) is 12.1. The molecule has 0 saturated heterocycles. The van der Waals surface area contributed by atoms with Crippen LogP contribution >= 0.6 is 24.0 Å². The van der Waals surface area contributed by atoms with E-state index in [9.17, 15) is 4.39 Å². The number of hydrogen-bond acceptors (Lipinski definition) is 1. The van der Waals surface area contributed by atoms with Crippen LogP contribution in [0.2, 0.25) is 0 Å². The van der Waals surface area contributed by atoms with Gasteiger partial charge < -0.3 is 11.1 Å². The molecule has 0 rings (SSSR count). The minimum Gasteiger partial charge on any atom is -0.370 e. The number of aliphatic imine (C=N–C) groups is 1. The molecular formula is C12H27FIN3. The van der Waals surface area contributed by atoms with Crippen LogP contribution < -0.4 is 11.1 Å². The Morgan fingerprint density at radius 2 is 1.76 bits per heavy atom. The van der Waals surface area contributed by atoms with Gasteiger partial charge in [-0.1, -0.05) is 39.0 Å². The fourth-order valence-electron chi connectivity index (χ4n) is 1.44. The SMILES string of the molecule is CCCCCCCCNC(N)=NCCCF.I. The van der Waals surface area contributed by atoms with Crippen molar-refractivity contribution in [2.24, 2.45) is 10.7 Å². The molecular weight excluding hydrogens is 332 g/mol. The monoisotopic (exact) mass is 359 g/mol. The number of nitrogens with zero attached hydrogens (tertiary/aromatic N) is 1. The molecule has 0 heterocycles. The van der Waals surface area contributed by atoms with Gasteiger partial charge in [0, 0.05) is 13.1 Å². The number of guanidine groups is 1. The maximum Gasteiger partial charge on any atom is 0.188 e. The molecule has 0 aliphatic carbocycles. The van der Waals surface area contributed by atoms with Gasteiger partial charge in [-0.05, 0) is 12.8 Å². The third-order valence-corrected chi connectivity index (χ3v) is 2.41. The van der Waals surface area contributed by atoms with Gasteiger partial charge in [0.25, 0.3) is 0 Å². The molecule has 104 valence electrons. The molecule has 0 bridgehead atoms. The topological polar surface area (TPSA) is 50.4 Å². The molecule has 0 radical (unpaired) electrons. The van der Waals surface area contributed by atoms with Crippen LogP contribution in [0.5, 0.6) is 0 Å². The Balaban J connectivity index is 0. The predicted molar refractivity (Wildman–Crippen MR) is 83.9 cm³/mol. The second kappa shape index (κ2) is 15.9. The molecule has 0 amide bonds. The van der Waals surface area contributed by atoms with Crippen LogP contribution in [0.15, 0.2) is 4.99 Å². The highest BCUT2D eigenvalue weighted by Crippen LogP contribution is 2.03. The van der Waals surface area contributed by atoms with Gasteiger partial charge in [-0.3, -0.25) is 9.38 Å². The fourth-order valence-corrected chi connectivity index (χ4v) is 1.44. The largest absolute Gasteiger partial charge is 0.370 e. The maximum absolute atomic E-state index is 11.8. The number of alkyl halides is 1. The molecule has 0 aromatic heterocycles. The lowest BCUT2D eigenvalue weighted by atomic mass is 10.1. The number of unbranched alkanes of at least 4 members (excludes halogenated alkanes) is 5. The van der Waals surface area contributed by atoms with E-state index in [1.807, 2.05) is 0 Å². The van der Waals surface area contributed by atoms with Gasteiger partial charge in [0.15, 0.2) is 5.96 Å². The number of halogens is 2. The van der Waals surface area contributed by atoms with Crippen molar-refractivity contribution in [1.82, 2.24) is 5.32 Å². The first-order chi connectivity index (χ1) is 7.81. The normalized spacial score (nSPS) is 11.1. The van der Waals surface area contributed by atoms with Gasteiger partial charge in [-0.15, -0.1) is 24.0 Å². The van der Waals surface area contributed by atoms with Gasteiger partial charge in [-0.2, -0.15) is 0 Å². The number of hydrogen-bond donors (Lipinski definition) is 2. The van der Waals surface area contributed by atoms with E-state index in [-0.39, 0.29) is 30.7 Å². The molecule has 0 fully saturated rings. The highest BCUT2D eigenvalue weighted by atomic mass is 127. The van der Waals surface area contributed by atoms with E-state index in [2.05, 4.69) is 17.2 Å². The second-order valence-corrected chi connectivity index (χ2v) is 4.00. The summed E-state index contributed by atoms with van der Waals surface area (Å²) in [6.45, 7) is 3.24. The first kappa shape index (κ1) is 19.3. The van der Waals surface area contributed by atoms with Crippen molar-refractivity contribution >= 4 is 29.9 Å². The molecule has 17 heavy (non-hydrogen) atoms. The minimum atomic E-state index is -0.325. The molecule has 0 aromatic rings. The zero-order valence-corrected chi connectivity index (χ0v) is 13.2. The van der Waals surface area contributed by atoms with Crippen molar-refractivity contribution in [1.29, 1.82) is 0 Å². The number of rotatable bonds is 10. The highest BCUT2D eigenvalue weighted by Gasteiger charge is 1.92. The third kappa shape index (κ3) is 15.9. The summed E-state index contributed by atoms with van der Waals surface area (Å²) in [6.07, 6.45) is 8.07. The summed E-state index contributed by atoms with van der Waals surface area (Å²) in [6, 6.07) is 0. The highest BCUT2D eigenvalue weighted by molar-refractivity contribution is 14.0. The standard InChI is InChI=1S/C12H26FN3.HI/c1-2-3-4-5-6-7-10-15-12(14)16-11-8-9-13;/h2-11H2,1H3,(H3,14,15,16);1H. The predicted octanol–water partition coefficient (Wildman–Crippen LogP) is 3.23. The Kier molecular flexibility index (Phi) is 18.1. The van der Waals surface area contributed by atoms with Crippen molar-refractivity contribution in [3.05, 3.63) is 0 Å². The van der Waals surface area contributed by atoms with E-state index in [1.165, 1.54) is 32.1 Å². The summed E-state index contributed by atoms with van der Waals surface area (Å²) < 4.78 is 11.8. The maximum atomic E-state index is 11.8. The van der Waals surface area contributed by atoms with Crippen LogP contribution in [0.1, 0.15) is 51.9 Å². The Hall–Kier alpha value is -0.0700. The lowest BCUT2D eigenvalue weighted by molar-refractivity contribution is 0.477. The first-order valence-corrected chi connectivity index (χ1v) is 6.41. The van der Waals surface area contributed by atoms with Crippen LogP contribution in [-0.2, 0) is 0 Å². The Bertz CT molecular complexity index is 177. The zero-order valence-electron chi connectivity index (χ0n) is 10.9. The average Bonchev–Trinajstić information content (AvgIpc) is 2.28. The van der Waals surface area contributed by atoms with E-state index >= 15 is 0 Å². The Labute approximate surface area is 122 Å². The molecule has 0 saturated carbocycles. The van der Waals surface area contributed by atoms with Crippen molar-refractivity contribution in [3.63, 3.8) is 0 Å². The van der Waals surface area contributed by atoms with Gasteiger partial charge in [0.05, 0.1) is 6.67 Å². The van der Waals surface area contributed by atoms with Crippen molar-refractivity contribution < 1.29 is 4.39 Å². The van der Waals surface area contributed by atoms with Gasteiger partial charge in [0.1, 0.15) is 0 Å². The molecule has 3 nitrogen and oxygen atoms in total. The average molecular weight is 359 g/mol. The van der Waals surface area contributed by atoms with Crippen LogP contribution in [0.4, 0.5) is 4.39 Å². The van der Waals surface area contributed by atoms with Crippen LogP contribution in [0.3, 0.4) is 0 Å². The van der Waals surface area contributed by atoms with Crippen LogP contribution in [0, 0.1) is 0 Å². The molecule has 0 unspecified atom stereocenters. The fraction of sp³-hybridized carbons (Fsp3) is 0.917. The quantitative estimate of drug-likeness (QED) is 0.272. The smallest absolute Gasteiger partial charge is 0.188 e. The summed E-state index contributed by atoms with van der Waals surface area (Å²) in [5, 5.41) is 3.04. The summed E-state index contributed by atoms with van der Waals surface area (Å²) in [5.74, 6) is 0.446. The van der Waals surface area contributed by atoms with E-state index in [1.54, 1.807) is 0 Å². The van der Waals surface area contributed by atoms with Gasteiger partial charge in [0.2, 0.25) is 0 Å². The molecule has 3 N–H and O–H groups in total. The lowest BCUT2D eigenvalue weighted by Crippen LogP contribution is -2.32. The van der Waals surface area contributed by atoms with Gasteiger partial charge in [-0.25, -0.2) is 0 Å². The second-order valence-electron chi connectivity index (χ2n) is 4.00. The van der Waals surface area contributed by atoms with E-state index in [0.717, 1.165) is 13.0 Å². The molecule has 0 spiro atoms. The van der Waals surface area contributed by atoms with E-state index in [4.69, 9.17) is 5.73 Å². The third-order valence-electron chi connectivity index (χ3n) is 2.41. The first-order valence-electron chi connectivity index (χ1n) is 6.41. The summed E-state index contributed by atoms with van der Waals surface area (Å²) >= 11 is 0. The Morgan fingerprint density at radius 1 is 1.12 bits per heavy atom. The minimum absolute atomic E-state index is 0. The molecule has 0 aliphatic rings. The molecule has 0 aromatic carbocycles. The van der Waals surface area contributed by atoms with E-state index < -0.39 is 0 Å².